The van der Waals surface area contributed by atoms with Gasteiger partial charge in [-0.1, -0.05) is 27.7 Å². The molecule has 1 aromatic heterocycles. The van der Waals surface area contributed by atoms with E-state index < -0.39 is 0 Å². The minimum Gasteiger partial charge on any atom is -0.440 e. The summed E-state index contributed by atoms with van der Waals surface area (Å²) in [5, 5.41) is 0. The van der Waals surface area contributed by atoms with E-state index in [1.165, 1.54) is 0 Å². The number of rotatable bonds is 2. The predicted molar refractivity (Wildman–Crippen MR) is 71.1 cm³/mol. The summed E-state index contributed by atoms with van der Waals surface area (Å²) in [5.41, 5.74) is 9.57. The van der Waals surface area contributed by atoms with Crippen molar-refractivity contribution in [2.24, 2.45) is 0 Å². The molecule has 0 saturated carbocycles. The van der Waals surface area contributed by atoms with Crippen LogP contribution in [0.5, 0.6) is 0 Å². The summed E-state index contributed by atoms with van der Waals surface area (Å²) >= 11 is 0. The van der Waals surface area contributed by atoms with Gasteiger partial charge in [-0.3, -0.25) is 0 Å². The molecule has 0 radical (unpaired) electrons. The number of nitrogens with zero attached hydrogens (tertiary/aromatic N) is 1. The molecular formula is C14H20N2O. The van der Waals surface area contributed by atoms with Crippen LogP contribution < -0.4 is 5.73 Å². The summed E-state index contributed by atoms with van der Waals surface area (Å²) in [7, 11) is 0. The van der Waals surface area contributed by atoms with E-state index in [2.05, 4.69) is 32.7 Å². The van der Waals surface area contributed by atoms with Gasteiger partial charge in [-0.25, -0.2) is 4.98 Å². The van der Waals surface area contributed by atoms with Crippen LogP contribution in [0.1, 0.15) is 45.6 Å². The molecule has 0 bridgehead atoms. The van der Waals surface area contributed by atoms with Crippen molar-refractivity contribution in [3.63, 3.8) is 0 Å². The monoisotopic (exact) mass is 232 g/mol. The van der Waals surface area contributed by atoms with Crippen LogP contribution in [-0.2, 0) is 11.8 Å². The first-order chi connectivity index (χ1) is 7.91. The van der Waals surface area contributed by atoms with Crippen molar-refractivity contribution in [3.8, 4) is 0 Å². The number of benzene rings is 1. The lowest BCUT2D eigenvalue weighted by molar-refractivity contribution is 0.508. The average Bonchev–Trinajstić information content (AvgIpc) is 2.57. The Kier molecular flexibility index (Phi) is 2.86. The first-order valence-corrected chi connectivity index (χ1v) is 6.11. The van der Waals surface area contributed by atoms with E-state index in [0.717, 1.165) is 41.1 Å². The molecule has 1 heterocycles. The van der Waals surface area contributed by atoms with E-state index in [4.69, 9.17) is 10.2 Å². The highest BCUT2D eigenvalue weighted by Gasteiger charge is 2.21. The zero-order valence-electron chi connectivity index (χ0n) is 11.0. The number of nitrogen functional groups attached to an aromatic ring is 1. The zero-order chi connectivity index (χ0) is 12.6. The van der Waals surface area contributed by atoms with Gasteiger partial charge >= 0.3 is 0 Å². The highest BCUT2D eigenvalue weighted by molar-refractivity contribution is 5.81. The molecule has 0 aliphatic rings. The second kappa shape index (κ2) is 4.06. The standard InChI is InChI=1S/C14H20N2O/c1-5-6-12-16-11-8-9(15)7-10(13(11)17-12)14(2,3)4/h7-8H,5-6,15H2,1-4H3. The Hall–Kier alpha value is -1.51. The van der Waals surface area contributed by atoms with Gasteiger partial charge in [0.15, 0.2) is 11.5 Å². The van der Waals surface area contributed by atoms with Crippen LogP contribution >= 0.6 is 0 Å². The number of nitrogens with two attached hydrogens (primary N) is 1. The van der Waals surface area contributed by atoms with Crippen LogP contribution in [0.3, 0.4) is 0 Å². The Morgan fingerprint density at radius 1 is 1.29 bits per heavy atom. The second-order valence-electron chi connectivity index (χ2n) is 5.52. The lowest BCUT2D eigenvalue weighted by Gasteiger charge is -2.19. The first kappa shape index (κ1) is 12.0. The van der Waals surface area contributed by atoms with Crippen LogP contribution in [0.25, 0.3) is 11.1 Å². The summed E-state index contributed by atoms with van der Waals surface area (Å²) in [6, 6.07) is 3.87. The molecule has 0 aliphatic heterocycles. The van der Waals surface area contributed by atoms with Crippen LogP contribution in [0, 0.1) is 0 Å². The second-order valence-corrected chi connectivity index (χ2v) is 5.52. The fourth-order valence-electron chi connectivity index (χ4n) is 1.98. The van der Waals surface area contributed by atoms with Gasteiger partial charge in [-0.15, -0.1) is 0 Å². The quantitative estimate of drug-likeness (QED) is 0.804. The third-order valence-electron chi connectivity index (χ3n) is 2.83. The third kappa shape index (κ3) is 2.28. The molecule has 0 amide bonds. The molecule has 0 aliphatic carbocycles. The lowest BCUT2D eigenvalue weighted by Crippen LogP contribution is -2.11. The van der Waals surface area contributed by atoms with Crippen molar-refractivity contribution in [2.75, 3.05) is 5.73 Å². The van der Waals surface area contributed by atoms with Gasteiger partial charge < -0.3 is 10.2 Å². The van der Waals surface area contributed by atoms with E-state index in [0.29, 0.717) is 0 Å². The van der Waals surface area contributed by atoms with Crippen LogP contribution in [-0.4, -0.2) is 4.98 Å². The van der Waals surface area contributed by atoms with E-state index >= 15 is 0 Å². The van der Waals surface area contributed by atoms with Crippen molar-refractivity contribution in [3.05, 3.63) is 23.6 Å². The molecule has 2 aromatic rings. The number of hydrogen-bond acceptors (Lipinski definition) is 3. The Labute approximate surface area is 102 Å². The van der Waals surface area contributed by atoms with Crippen molar-refractivity contribution in [1.82, 2.24) is 4.98 Å². The molecule has 0 unspecified atom stereocenters. The topological polar surface area (TPSA) is 52.0 Å². The highest BCUT2D eigenvalue weighted by atomic mass is 16.3. The Bertz CT molecular complexity index is 535. The molecule has 2 N–H and O–H groups in total. The maximum Gasteiger partial charge on any atom is 0.195 e. The van der Waals surface area contributed by atoms with Crippen molar-refractivity contribution in [1.29, 1.82) is 0 Å². The minimum atomic E-state index is 0.0106. The van der Waals surface area contributed by atoms with Crippen molar-refractivity contribution in [2.45, 2.75) is 46.0 Å². The van der Waals surface area contributed by atoms with Gasteiger partial charge in [0.25, 0.3) is 0 Å². The number of fused-ring (bicyclic) bond motifs is 1. The van der Waals surface area contributed by atoms with Gasteiger partial charge in [0.05, 0.1) is 0 Å². The van der Waals surface area contributed by atoms with E-state index in [1.54, 1.807) is 0 Å². The fraction of sp³-hybridized carbons (Fsp3) is 0.500. The number of hydrogen-bond donors (Lipinski definition) is 1. The van der Waals surface area contributed by atoms with Gasteiger partial charge in [0.2, 0.25) is 0 Å². The molecule has 0 fully saturated rings. The smallest absolute Gasteiger partial charge is 0.195 e. The Morgan fingerprint density at radius 2 is 2.00 bits per heavy atom. The summed E-state index contributed by atoms with van der Waals surface area (Å²) < 4.78 is 5.85. The number of anilines is 1. The zero-order valence-corrected chi connectivity index (χ0v) is 11.0. The molecule has 3 nitrogen and oxygen atoms in total. The maximum atomic E-state index is 5.92. The number of oxazole rings is 1. The molecule has 1 aromatic carbocycles. The molecule has 0 spiro atoms. The molecule has 92 valence electrons. The lowest BCUT2D eigenvalue weighted by atomic mass is 9.86. The number of aryl methyl sites for hydroxylation is 1. The highest BCUT2D eigenvalue weighted by Crippen LogP contribution is 2.32. The van der Waals surface area contributed by atoms with Gasteiger partial charge in [0, 0.05) is 17.7 Å². The summed E-state index contributed by atoms with van der Waals surface area (Å²) in [6.07, 6.45) is 1.91. The summed E-state index contributed by atoms with van der Waals surface area (Å²) in [5.74, 6) is 0.804. The molecule has 17 heavy (non-hydrogen) atoms. The largest absolute Gasteiger partial charge is 0.440 e. The van der Waals surface area contributed by atoms with E-state index in [9.17, 15) is 0 Å². The molecule has 0 saturated heterocycles. The summed E-state index contributed by atoms with van der Waals surface area (Å²) in [6.45, 7) is 8.59. The molecular weight excluding hydrogens is 212 g/mol. The van der Waals surface area contributed by atoms with Crippen molar-refractivity contribution >= 4 is 16.8 Å². The molecule has 0 atom stereocenters. The molecule has 2 rings (SSSR count). The Balaban J connectivity index is 2.66. The minimum absolute atomic E-state index is 0.0106. The predicted octanol–water partition coefficient (Wildman–Crippen LogP) is 3.66. The SMILES string of the molecule is CCCc1nc2cc(N)cc(C(C)(C)C)c2o1. The van der Waals surface area contributed by atoms with E-state index in [-0.39, 0.29) is 5.41 Å². The maximum absolute atomic E-state index is 5.92. The van der Waals surface area contributed by atoms with Gasteiger partial charge in [-0.05, 0) is 24.0 Å². The molecule has 3 heteroatoms. The van der Waals surface area contributed by atoms with Crippen LogP contribution in [0.15, 0.2) is 16.5 Å². The summed E-state index contributed by atoms with van der Waals surface area (Å²) in [4.78, 5) is 4.49. The van der Waals surface area contributed by atoms with Gasteiger partial charge in [-0.2, -0.15) is 0 Å². The Morgan fingerprint density at radius 3 is 2.59 bits per heavy atom. The third-order valence-corrected chi connectivity index (χ3v) is 2.83. The van der Waals surface area contributed by atoms with Crippen LogP contribution in [0.4, 0.5) is 5.69 Å². The fourth-order valence-corrected chi connectivity index (χ4v) is 1.98. The van der Waals surface area contributed by atoms with Gasteiger partial charge in [0.1, 0.15) is 5.52 Å². The number of aromatic nitrogens is 1. The first-order valence-electron chi connectivity index (χ1n) is 6.11. The normalized spacial score (nSPS) is 12.2. The van der Waals surface area contributed by atoms with Crippen LogP contribution in [0.2, 0.25) is 0 Å². The van der Waals surface area contributed by atoms with Crippen molar-refractivity contribution < 1.29 is 4.42 Å². The van der Waals surface area contributed by atoms with E-state index in [1.807, 2.05) is 12.1 Å². The average molecular weight is 232 g/mol.